The fourth-order valence-electron chi connectivity index (χ4n) is 1.14. The molecule has 4 heteroatoms. The van der Waals surface area contributed by atoms with Gasteiger partial charge >= 0.3 is 0 Å². The number of nitrogens with zero attached hydrogens (tertiary/aromatic N) is 3. The summed E-state index contributed by atoms with van der Waals surface area (Å²) in [5.41, 5.74) is 1.07. The molecule has 12 heavy (non-hydrogen) atoms. The normalized spacial score (nSPS) is 17.3. The molecule has 1 aliphatic carbocycles. The van der Waals surface area contributed by atoms with Crippen molar-refractivity contribution in [1.82, 2.24) is 15.0 Å². The van der Waals surface area contributed by atoms with Gasteiger partial charge in [0.2, 0.25) is 0 Å². The van der Waals surface area contributed by atoms with Crippen molar-refractivity contribution < 1.29 is 0 Å². The fourth-order valence-corrected chi connectivity index (χ4v) is 1.84. The molecule has 1 fully saturated rings. The average Bonchev–Trinajstić information content (AvgIpc) is 2.75. The Morgan fingerprint density at radius 2 is 2.08 bits per heavy atom. The van der Waals surface area contributed by atoms with E-state index in [4.69, 9.17) is 0 Å². The first-order chi connectivity index (χ1) is 5.68. The minimum atomic E-state index is 0.451. The predicted molar refractivity (Wildman–Crippen MR) is 50.1 cm³/mol. The van der Waals surface area contributed by atoms with E-state index in [0.717, 1.165) is 10.3 Å². The van der Waals surface area contributed by atoms with Crippen molar-refractivity contribution in [2.24, 2.45) is 0 Å². The van der Waals surface area contributed by atoms with E-state index in [2.05, 4.69) is 40.0 Å². The van der Waals surface area contributed by atoms with Crippen LogP contribution < -0.4 is 0 Å². The lowest BCUT2D eigenvalue weighted by Crippen LogP contribution is -1.99. The third-order valence-electron chi connectivity index (χ3n) is 2.03. The predicted octanol–water partition coefficient (Wildman–Crippen LogP) is 2.50. The average molecular weight is 230 g/mol. The number of halogens is 1. The summed E-state index contributed by atoms with van der Waals surface area (Å²) in [7, 11) is 0. The molecule has 0 amide bonds. The third-order valence-corrected chi connectivity index (χ3v) is 2.60. The molecule has 2 rings (SSSR count). The molecule has 0 saturated heterocycles. The van der Waals surface area contributed by atoms with Gasteiger partial charge in [0.15, 0.2) is 4.60 Å². The van der Waals surface area contributed by atoms with Gasteiger partial charge in [0, 0.05) is 5.92 Å². The Kier molecular flexibility index (Phi) is 1.94. The number of hydrogen-bond donors (Lipinski definition) is 0. The SMILES string of the molecule is CC(C)c1nn(C2CC2)nc1Br. The van der Waals surface area contributed by atoms with E-state index in [1.807, 2.05) is 4.80 Å². The van der Waals surface area contributed by atoms with Crippen LogP contribution >= 0.6 is 15.9 Å². The van der Waals surface area contributed by atoms with E-state index in [-0.39, 0.29) is 0 Å². The molecule has 0 bridgehead atoms. The lowest BCUT2D eigenvalue weighted by molar-refractivity contribution is 0.543. The molecule has 0 radical (unpaired) electrons. The van der Waals surface area contributed by atoms with Crippen molar-refractivity contribution in [2.75, 3.05) is 0 Å². The Morgan fingerprint density at radius 3 is 2.50 bits per heavy atom. The standard InChI is InChI=1S/C8H12BrN3/c1-5(2)7-8(9)11-12(10-7)6-3-4-6/h5-6H,3-4H2,1-2H3. The van der Waals surface area contributed by atoms with Crippen molar-refractivity contribution in [3.8, 4) is 0 Å². The molecule has 1 saturated carbocycles. The van der Waals surface area contributed by atoms with Crippen LogP contribution in [0.1, 0.15) is 44.3 Å². The van der Waals surface area contributed by atoms with Crippen LogP contribution in [0.5, 0.6) is 0 Å². The molecule has 1 aromatic heterocycles. The Hall–Kier alpha value is -0.380. The monoisotopic (exact) mass is 229 g/mol. The Bertz CT molecular complexity index is 288. The van der Waals surface area contributed by atoms with Gasteiger partial charge in [-0.3, -0.25) is 0 Å². The molecular formula is C8H12BrN3. The highest BCUT2D eigenvalue weighted by Gasteiger charge is 2.27. The van der Waals surface area contributed by atoms with E-state index < -0.39 is 0 Å². The van der Waals surface area contributed by atoms with Gasteiger partial charge in [-0.1, -0.05) is 13.8 Å². The van der Waals surface area contributed by atoms with Gasteiger partial charge in [0.25, 0.3) is 0 Å². The van der Waals surface area contributed by atoms with Crippen LogP contribution in [0.4, 0.5) is 0 Å². The number of hydrogen-bond acceptors (Lipinski definition) is 2. The van der Waals surface area contributed by atoms with E-state index in [9.17, 15) is 0 Å². The highest BCUT2D eigenvalue weighted by Crippen LogP contribution is 2.34. The maximum absolute atomic E-state index is 4.43. The Labute approximate surface area is 80.3 Å². The topological polar surface area (TPSA) is 30.7 Å². The van der Waals surface area contributed by atoms with Crippen LogP contribution in [0.3, 0.4) is 0 Å². The van der Waals surface area contributed by atoms with Crippen LogP contribution in [0, 0.1) is 0 Å². The molecular weight excluding hydrogens is 218 g/mol. The second-order valence-corrected chi connectivity index (χ2v) is 4.33. The van der Waals surface area contributed by atoms with Gasteiger partial charge in [0.05, 0.1) is 11.7 Å². The molecule has 0 spiro atoms. The van der Waals surface area contributed by atoms with E-state index in [1.54, 1.807) is 0 Å². The van der Waals surface area contributed by atoms with Crippen LogP contribution in [0.25, 0.3) is 0 Å². The lowest BCUT2D eigenvalue weighted by Gasteiger charge is -1.97. The second-order valence-electron chi connectivity index (χ2n) is 3.58. The summed E-state index contributed by atoms with van der Waals surface area (Å²) in [5, 5.41) is 8.75. The molecule has 0 unspecified atom stereocenters. The van der Waals surface area contributed by atoms with Gasteiger partial charge in [-0.2, -0.15) is 9.90 Å². The zero-order chi connectivity index (χ0) is 8.72. The molecule has 0 aromatic carbocycles. The number of aromatic nitrogens is 3. The van der Waals surface area contributed by atoms with Crippen molar-refractivity contribution in [3.05, 3.63) is 10.3 Å². The minimum Gasteiger partial charge on any atom is -0.180 e. The first kappa shape index (κ1) is 8.23. The summed E-state index contributed by atoms with van der Waals surface area (Å²) < 4.78 is 0.907. The van der Waals surface area contributed by atoms with Gasteiger partial charge < -0.3 is 0 Å². The zero-order valence-corrected chi connectivity index (χ0v) is 8.87. The smallest absolute Gasteiger partial charge is 0.151 e. The largest absolute Gasteiger partial charge is 0.180 e. The van der Waals surface area contributed by atoms with Crippen molar-refractivity contribution in [3.63, 3.8) is 0 Å². The van der Waals surface area contributed by atoms with E-state index in [1.165, 1.54) is 12.8 Å². The van der Waals surface area contributed by atoms with Crippen molar-refractivity contribution in [1.29, 1.82) is 0 Å². The highest BCUT2D eigenvalue weighted by molar-refractivity contribution is 9.10. The minimum absolute atomic E-state index is 0.451. The quantitative estimate of drug-likeness (QED) is 0.781. The maximum Gasteiger partial charge on any atom is 0.151 e. The molecule has 66 valence electrons. The second kappa shape index (κ2) is 2.83. The van der Waals surface area contributed by atoms with Crippen LogP contribution in [0.15, 0.2) is 4.60 Å². The van der Waals surface area contributed by atoms with Gasteiger partial charge in [-0.05, 0) is 28.8 Å². The first-order valence-electron chi connectivity index (χ1n) is 4.30. The van der Waals surface area contributed by atoms with Crippen LogP contribution in [-0.4, -0.2) is 15.0 Å². The van der Waals surface area contributed by atoms with E-state index >= 15 is 0 Å². The highest BCUT2D eigenvalue weighted by atomic mass is 79.9. The van der Waals surface area contributed by atoms with E-state index in [0.29, 0.717) is 12.0 Å². The Balaban J connectivity index is 2.30. The molecule has 0 aliphatic heterocycles. The lowest BCUT2D eigenvalue weighted by atomic mass is 10.2. The molecule has 0 N–H and O–H groups in total. The fraction of sp³-hybridized carbons (Fsp3) is 0.750. The first-order valence-corrected chi connectivity index (χ1v) is 5.10. The summed E-state index contributed by atoms with van der Waals surface area (Å²) in [6.45, 7) is 4.26. The molecule has 1 aromatic rings. The summed E-state index contributed by atoms with van der Waals surface area (Å²) in [4.78, 5) is 1.85. The summed E-state index contributed by atoms with van der Waals surface area (Å²) in [6, 6.07) is 0.578. The van der Waals surface area contributed by atoms with Crippen molar-refractivity contribution in [2.45, 2.75) is 38.6 Å². The van der Waals surface area contributed by atoms with Crippen LogP contribution in [-0.2, 0) is 0 Å². The molecule has 1 heterocycles. The third kappa shape index (κ3) is 1.40. The van der Waals surface area contributed by atoms with Gasteiger partial charge in [-0.15, -0.1) is 5.10 Å². The summed E-state index contributed by atoms with van der Waals surface area (Å²) in [5.74, 6) is 0.451. The molecule has 1 aliphatic rings. The Morgan fingerprint density at radius 1 is 1.42 bits per heavy atom. The summed E-state index contributed by atoms with van der Waals surface area (Å²) in [6.07, 6.45) is 2.47. The van der Waals surface area contributed by atoms with Gasteiger partial charge in [0.1, 0.15) is 0 Å². The van der Waals surface area contributed by atoms with Crippen molar-refractivity contribution >= 4 is 15.9 Å². The molecule has 0 atom stereocenters. The zero-order valence-electron chi connectivity index (χ0n) is 7.29. The number of rotatable bonds is 2. The maximum atomic E-state index is 4.43. The summed E-state index contributed by atoms with van der Waals surface area (Å²) >= 11 is 3.42. The molecule has 3 nitrogen and oxygen atoms in total. The van der Waals surface area contributed by atoms with Crippen LogP contribution in [0.2, 0.25) is 0 Å². The van der Waals surface area contributed by atoms with Gasteiger partial charge in [-0.25, -0.2) is 0 Å².